The van der Waals surface area contributed by atoms with Crippen LogP contribution < -0.4 is 5.32 Å². The summed E-state index contributed by atoms with van der Waals surface area (Å²) in [5, 5.41) is 13.1. The third-order valence-electron chi connectivity index (χ3n) is 5.62. The number of carbonyl (C=O) groups is 2. The van der Waals surface area contributed by atoms with Gasteiger partial charge in [0.15, 0.2) is 0 Å². The number of hydrogen-bond donors (Lipinski definition) is 2. The molecule has 2 fully saturated rings. The Morgan fingerprint density at radius 3 is 2.82 bits per heavy atom. The summed E-state index contributed by atoms with van der Waals surface area (Å²) in [5.74, 6) is 0.0616. The van der Waals surface area contributed by atoms with Crippen molar-refractivity contribution in [2.24, 2.45) is 0 Å². The van der Waals surface area contributed by atoms with E-state index >= 15 is 0 Å². The first-order chi connectivity index (χ1) is 13.6. The van der Waals surface area contributed by atoms with E-state index < -0.39 is 6.10 Å². The third-order valence-corrected chi connectivity index (χ3v) is 5.62. The Hall–Kier alpha value is -2.03. The summed E-state index contributed by atoms with van der Waals surface area (Å²) in [4.78, 5) is 33.0. The maximum absolute atomic E-state index is 12.7. The van der Waals surface area contributed by atoms with Crippen molar-refractivity contribution >= 4 is 11.8 Å². The second-order valence-electron chi connectivity index (χ2n) is 7.54. The lowest BCUT2D eigenvalue weighted by atomic mass is 10.0. The molecule has 0 radical (unpaired) electrons. The van der Waals surface area contributed by atoms with E-state index in [0.717, 1.165) is 18.4 Å². The Bertz CT molecular complexity index is 649. The van der Waals surface area contributed by atoms with Crippen molar-refractivity contribution in [3.8, 4) is 0 Å². The van der Waals surface area contributed by atoms with Crippen LogP contribution in [0.2, 0.25) is 0 Å². The van der Waals surface area contributed by atoms with Crippen LogP contribution in [0.3, 0.4) is 0 Å². The molecule has 28 heavy (non-hydrogen) atoms. The highest BCUT2D eigenvalue weighted by molar-refractivity contribution is 5.82. The first-order valence-corrected chi connectivity index (χ1v) is 9.95. The van der Waals surface area contributed by atoms with Gasteiger partial charge in [0, 0.05) is 51.7 Å². The Labute approximate surface area is 165 Å². The number of nitrogens with one attached hydrogen (secondary N) is 1. The van der Waals surface area contributed by atoms with E-state index in [0.29, 0.717) is 45.6 Å². The largest absolute Gasteiger partial charge is 0.392 e. The first kappa shape index (κ1) is 20.7. The van der Waals surface area contributed by atoms with Crippen LogP contribution in [0.5, 0.6) is 0 Å². The number of amides is 2. The van der Waals surface area contributed by atoms with Gasteiger partial charge in [-0.1, -0.05) is 6.07 Å². The summed E-state index contributed by atoms with van der Waals surface area (Å²) in [6, 6.07) is 3.64. The van der Waals surface area contributed by atoms with E-state index in [2.05, 4.69) is 15.2 Å². The highest BCUT2D eigenvalue weighted by atomic mass is 16.5. The van der Waals surface area contributed by atoms with Crippen molar-refractivity contribution < 1.29 is 19.4 Å². The smallest absolute Gasteiger partial charge is 0.237 e. The van der Waals surface area contributed by atoms with Crippen molar-refractivity contribution in [3.05, 3.63) is 30.1 Å². The normalized spacial score (nSPS) is 23.7. The van der Waals surface area contributed by atoms with E-state index in [4.69, 9.17) is 4.74 Å². The van der Waals surface area contributed by atoms with E-state index in [1.807, 2.05) is 17.0 Å². The van der Waals surface area contributed by atoms with Gasteiger partial charge >= 0.3 is 0 Å². The number of β-amino-alcohol motifs (C(OH)–C–C–N with tert-alkyl or cyclic N) is 1. The molecule has 1 aromatic heterocycles. The zero-order valence-electron chi connectivity index (χ0n) is 16.4. The molecule has 0 saturated carbocycles. The molecule has 2 saturated heterocycles. The van der Waals surface area contributed by atoms with Crippen LogP contribution >= 0.6 is 0 Å². The molecule has 3 heterocycles. The number of aromatic nitrogens is 1. The Morgan fingerprint density at radius 1 is 1.36 bits per heavy atom. The summed E-state index contributed by atoms with van der Waals surface area (Å²) in [5.41, 5.74) is 0.948. The Morgan fingerprint density at radius 2 is 2.14 bits per heavy atom. The second kappa shape index (κ2) is 9.95. The van der Waals surface area contributed by atoms with Gasteiger partial charge in [0.05, 0.1) is 25.2 Å². The number of pyridine rings is 1. The molecule has 2 atom stereocenters. The maximum atomic E-state index is 12.7. The summed E-state index contributed by atoms with van der Waals surface area (Å²) in [7, 11) is 1.59. The van der Waals surface area contributed by atoms with E-state index in [1.165, 1.54) is 0 Å². The molecule has 0 aromatic carbocycles. The molecular formula is C20H30N4O4. The molecule has 2 amide bonds. The average Bonchev–Trinajstić information content (AvgIpc) is 3.13. The van der Waals surface area contributed by atoms with Crippen LogP contribution in [0, 0.1) is 0 Å². The number of rotatable bonds is 7. The highest BCUT2D eigenvalue weighted by Gasteiger charge is 2.40. The number of nitrogens with zero attached hydrogens (tertiary/aromatic N) is 3. The quantitative estimate of drug-likeness (QED) is 0.689. The van der Waals surface area contributed by atoms with Crippen molar-refractivity contribution in [1.29, 1.82) is 0 Å². The number of ether oxygens (including phenoxy) is 1. The lowest BCUT2D eigenvalue weighted by Gasteiger charge is -2.39. The first-order valence-electron chi connectivity index (χ1n) is 9.95. The van der Waals surface area contributed by atoms with Gasteiger partial charge in [-0.15, -0.1) is 0 Å². The van der Waals surface area contributed by atoms with Crippen molar-refractivity contribution in [1.82, 2.24) is 20.1 Å². The minimum Gasteiger partial charge on any atom is -0.392 e. The SMILES string of the molecule is COCCC(=O)N1CCC(N2C[C@H](O)C[C@H]2C(=O)NCc2cccnc2)CC1. The topological polar surface area (TPSA) is 95.0 Å². The molecule has 1 aromatic rings. The predicted molar refractivity (Wildman–Crippen MR) is 103 cm³/mol. The molecule has 0 unspecified atom stereocenters. The van der Waals surface area contributed by atoms with Crippen molar-refractivity contribution in [3.63, 3.8) is 0 Å². The molecular weight excluding hydrogens is 360 g/mol. The molecule has 3 rings (SSSR count). The average molecular weight is 390 g/mol. The number of likely N-dealkylation sites (tertiary alicyclic amines) is 2. The molecule has 2 aliphatic rings. The summed E-state index contributed by atoms with van der Waals surface area (Å²) in [6.07, 6.45) is 5.44. The molecule has 0 spiro atoms. The van der Waals surface area contributed by atoms with Crippen LogP contribution in [0.15, 0.2) is 24.5 Å². The van der Waals surface area contributed by atoms with Crippen molar-refractivity contribution in [2.75, 3.05) is 33.4 Å². The molecule has 8 heteroatoms. The lowest BCUT2D eigenvalue weighted by molar-refractivity contribution is -0.134. The van der Waals surface area contributed by atoms with E-state index in [-0.39, 0.29) is 23.9 Å². The zero-order chi connectivity index (χ0) is 19.9. The van der Waals surface area contributed by atoms with Crippen LogP contribution in [-0.4, -0.2) is 83.2 Å². The number of aliphatic hydroxyl groups is 1. The maximum Gasteiger partial charge on any atom is 0.237 e. The summed E-state index contributed by atoms with van der Waals surface area (Å²) in [6.45, 7) is 2.75. The Balaban J connectivity index is 1.52. The third kappa shape index (κ3) is 5.27. The summed E-state index contributed by atoms with van der Waals surface area (Å²) >= 11 is 0. The zero-order valence-corrected chi connectivity index (χ0v) is 16.4. The van der Waals surface area contributed by atoms with Gasteiger partial charge in [-0.3, -0.25) is 19.5 Å². The Kier molecular flexibility index (Phi) is 7.36. The minimum absolute atomic E-state index is 0.0565. The van der Waals surface area contributed by atoms with E-state index in [9.17, 15) is 14.7 Å². The van der Waals surface area contributed by atoms with E-state index in [1.54, 1.807) is 19.5 Å². The van der Waals surface area contributed by atoms with Crippen LogP contribution in [0.25, 0.3) is 0 Å². The number of hydrogen-bond acceptors (Lipinski definition) is 6. The van der Waals surface area contributed by atoms with Gasteiger partial charge in [0.2, 0.25) is 11.8 Å². The number of methoxy groups -OCH3 is 1. The van der Waals surface area contributed by atoms with Crippen molar-refractivity contribution in [2.45, 2.75) is 50.4 Å². The van der Waals surface area contributed by atoms with Gasteiger partial charge in [0.25, 0.3) is 0 Å². The molecule has 154 valence electrons. The number of aliphatic hydroxyl groups excluding tert-OH is 1. The number of piperidine rings is 1. The van der Waals surface area contributed by atoms with Crippen LogP contribution in [0.1, 0.15) is 31.2 Å². The second-order valence-corrected chi connectivity index (χ2v) is 7.54. The van der Waals surface area contributed by atoms with Crippen LogP contribution in [0.4, 0.5) is 0 Å². The molecule has 0 aliphatic carbocycles. The fraction of sp³-hybridized carbons (Fsp3) is 0.650. The summed E-state index contributed by atoms with van der Waals surface area (Å²) < 4.78 is 4.98. The van der Waals surface area contributed by atoms with Gasteiger partial charge < -0.3 is 20.1 Å². The molecule has 0 bridgehead atoms. The molecule has 8 nitrogen and oxygen atoms in total. The van der Waals surface area contributed by atoms with Gasteiger partial charge in [0.1, 0.15) is 0 Å². The fourth-order valence-electron chi connectivity index (χ4n) is 4.10. The fourth-order valence-corrected chi connectivity index (χ4v) is 4.10. The highest BCUT2D eigenvalue weighted by Crippen LogP contribution is 2.27. The van der Waals surface area contributed by atoms with Crippen LogP contribution in [-0.2, 0) is 20.9 Å². The number of carbonyl (C=O) groups excluding carboxylic acids is 2. The monoisotopic (exact) mass is 390 g/mol. The molecule has 2 aliphatic heterocycles. The van der Waals surface area contributed by atoms with Gasteiger partial charge in [-0.25, -0.2) is 0 Å². The minimum atomic E-state index is -0.490. The standard InChI is InChI=1S/C20H30N4O4/c1-28-10-6-19(26)23-8-4-16(5-9-23)24-14-17(25)11-18(24)20(27)22-13-15-3-2-7-21-12-15/h2-3,7,12,16-18,25H,4-6,8-11,13-14H2,1H3,(H,22,27)/t17-,18+/m1/s1. The van der Waals surface area contributed by atoms with Gasteiger partial charge in [-0.05, 0) is 30.9 Å². The van der Waals surface area contributed by atoms with Gasteiger partial charge in [-0.2, -0.15) is 0 Å². The molecule has 2 N–H and O–H groups in total. The predicted octanol–water partition coefficient (Wildman–Crippen LogP) is 0.161. The lowest BCUT2D eigenvalue weighted by Crippen LogP contribution is -2.52.